The van der Waals surface area contributed by atoms with E-state index in [0.717, 1.165) is 42.5 Å². The minimum absolute atomic E-state index is 0.0499. The molecule has 6 heteroatoms. The molecule has 3 aromatic rings. The van der Waals surface area contributed by atoms with Crippen molar-refractivity contribution in [3.63, 3.8) is 0 Å². The molecule has 2 saturated heterocycles. The van der Waals surface area contributed by atoms with Crippen molar-refractivity contribution >= 4 is 22.7 Å². The summed E-state index contributed by atoms with van der Waals surface area (Å²) in [5.74, 6) is 0.289. The highest BCUT2D eigenvalue weighted by Crippen LogP contribution is 2.42. The predicted octanol–water partition coefficient (Wildman–Crippen LogP) is 3.50. The summed E-state index contributed by atoms with van der Waals surface area (Å²) in [4.78, 5) is 30.7. The summed E-state index contributed by atoms with van der Waals surface area (Å²) in [5, 5.41) is 10.7. The molecule has 6 nitrogen and oxygen atoms in total. The molecule has 0 bridgehead atoms. The fraction of sp³-hybridized carbons (Fsp3) is 0.385. The van der Waals surface area contributed by atoms with Gasteiger partial charge in [-0.25, -0.2) is 0 Å². The summed E-state index contributed by atoms with van der Waals surface area (Å²) in [6, 6.07) is 15.4. The van der Waals surface area contributed by atoms with E-state index in [1.165, 1.54) is 5.56 Å². The number of amides is 2. The Hall–Kier alpha value is -3.28. The van der Waals surface area contributed by atoms with Crippen LogP contribution in [-0.4, -0.2) is 57.5 Å². The van der Waals surface area contributed by atoms with E-state index in [9.17, 15) is 14.7 Å². The first-order chi connectivity index (χ1) is 15.4. The maximum absolute atomic E-state index is 13.6. The van der Waals surface area contributed by atoms with E-state index in [0.29, 0.717) is 25.1 Å². The molecular formula is C26H29N3O3. The second-order valence-electron chi connectivity index (χ2n) is 9.26. The Morgan fingerprint density at radius 3 is 2.62 bits per heavy atom. The maximum atomic E-state index is 13.6. The zero-order valence-corrected chi connectivity index (χ0v) is 18.7. The van der Waals surface area contributed by atoms with E-state index in [1.54, 1.807) is 12.1 Å². The van der Waals surface area contributed by atoms with Crippen LogP contribution in [-0.2, 0) is 18.3 Å². The number of phenols is 1. The molecule has 1 unspecified atom stereocenters. The molecule has 2 aliphatic heterocycles. The minimum atomic E-state index is -0.451. The highest BCUT2D eigenvalue weighted by atomic mass is 16.3. The van der Waals surface area contributed by atoms with Gasteiger partial charge in [-0.3, -0.25) is 9.59 Å². The number of benzene rings is 2. The number of aromatic hydroxyl groups is 1. The zero-order chi connectivity index (χ0) is 22.5. The van der Waals surface area contributed by atoms with Crippen LogP contribution in [0.25, 0.3) is 10.9 Å². The van der Waals surface area contributed by atoms with E-state index < -0.39 is 5.41 Å². The SMILES string of the molecule is Cc1c(C(=O)N2CCC3(CCN(CCc4ccccc4)C3=O)C2)c2cc(O)ccc2n1C. The lowest BCUT2D eigenvalue weighted by atomic mass is 9.85. The lowest BCUT2D eigenvalue weighted by Crippen LogP contribution is -2.39. The number of carbonyl (C=O) groups is 2. The Morgan fingerprint density at radius 1 is 1.09 bits per heavy atom. The number of likely N-dealkylation sites (tertiary alicyclic amines) is 2. The third kappa shape index (κ3) is 3.25. The van der Waals surface area contributed by atoms with E-state index >= 15 is 0 Å². The molecule has 5 rings (SSSR count). The number of nitrogens with zero attached hydrogens (tertiary/aromatic N) is 3. The van der Waals surface area contributed by atoms with Gasteiger partial charge in [0.15, 0.2) is 0 Å². The number of carbonyl (C=O) groups excluding carboxylic acids is 2. The molecule has 3 heterocycles. The predicted molar refractivity (Wildman–Crippen MR) is 124 cm³/mol. The Labute approximate surface area is 188 Å². The van der Waals surface area contributed by atoms with Gasteiger partial charge in [-0.05, 0) is 49.9 Å². The normalized spacial score (nSPS) is 20.8. The third-order valence-electron chi connectivity index (χ3n) is 7.45. The highest BCUT2D eigenvalue weighted by molar-refractivity contribution is 6.09. The van der Waals surface area contributed by atoms with Crippen molar-refractivity contribution in [3.8, 4) is 5.75 Å². The average Bonchev–Trinajstić information content (AvgIpc) is 3.44. The van der Waals surface area contributed by atoms with Crippen LogP contribution >= 0.6 is 0 Å². The zero-order valence-electron chi connectivity index (χ0n) is 18.7. The minimum Gasteiger partial charge on any atom is -0.508 e. The van der Waals surface area contributed by atoms with Crippen LogP contribution < -0.4 is 0 Å². The van der Waals surface area contributed by atoms with Crippen LogP contribution in [0.2, 0.25) is 0 Å². The lowest BCUT2D eigenvalue weighted by molar-refractivity contribution is -0.135. The van der Waals surface area contributed by atoms with Gasteiger partial charge in [-0.1, -0.05) is 30.3 Å². The van der Waals surface area contributed by atoms with Crippen molar-refractivity contribution in [2.24, 2.45) is 12.5 Å². The molecule has 166 valence electrons. The Balaban J connectivity index is 1.33. The topological polar surface area (TPSA) is 65.8 Å². The van der Waals surface area contributed by atoms with Crippen molar-refractivity contribution in [2.75, 3.05) is 26.2 Å². The average molecular weight is 432 g/mol. The molecule has 1 aromatic heterocycles. The van der Waals surface area contributed by atoms with Crippen molar-refractivity contribution in [3.05, 3.63) is 65.4 Å². The molecular weight excluding hydrogens is 402 g/mol. The van der Waals surface area contributed by atoms with Gasteiger partial charge in [0, 0.05) is 49.8 Å². The number of aryl methyl sites for hydroxylation is 1. The molecule has 0 saturated carbocycles. The highest BCUT2D eigenvalue weighted by Gasteiger charge is 2.51. The molecule has 2 aliphatic rings. The van der Waals surface area contributed by atoms with E-state index in [2.05, 4.69) is 12.1 Å². The first-order valence-electron chi connectivity index (χ1n) is 11.3. The third-order valence-corrected chi connectivity index (χ3v) is 7.45. The maximum Gasteiger partial charge on any atom is 0.256 e. The van der Waals surface area contributed by atoms with Crippen molar-refractivity contribution in [1.29, 1.82) is 0 Å². The fourth-order valence-electron chi connectivity index (χ4n) is 5.43. The molecule has 2 fully saturated rings. The number of hydrogen-bond donors (Lipinski definition) is 1. The monoisotopic (exact) mass is 431 g/mol. The molecule has 1 N–H and O–H groups in total. The standard InChI is InChI=1S/C26H29N3O3/c1-18-23(21-16-20(30)8-9-22(21)27(18)2)24(31)29-15-12-26(17-29)11-14-28(25(26)32)13-10-19-6-4-3-5-7-19/h3-9,16,30H,10-15,17H2,1-2H3. The molecule has 0 aliphatic carbocycles. The van der Waals surface area contributed by atoms with Gasteiger partial charge in [0.25, 0.3) is 5.91 Å². The first kappa shape index (κ1) is 20.6. The van der Waals surface area contributed by atoms with Gasteiger partial charge in [0.05, 0.1) is 11.0 Å². The summed E-state index contributed by atoms with van der Waals surface area (Å²) in [6.07, 6.45) is 2.37. The largest absolute Gasteiger partial charge is 0.508 e. The van der Waals surface area contributed by atoms with E-state index in [4.69, 9.17) is 0 Å². The summed E-state index contributed by atoms with van der Waals surface area (Å²) in [7, 11) is 1.93. The van der Waals surface area contributed by atoms with Crippen LogP contribution in [0.4, 0.5) is 0 Å². The molecule has 2 aromatic carbocycles. The Kier molecular flexibility index (Phi) is 4.96. The van der Waals surface area contributed by atoms with Gasteiger partial charge in [-0.15, -0.1) is 0 Å². The smallest absolute Gasteiger partial charge is 0.256 e. The fourth-order valence-corrected chi connectivity index (χ4v) is 5.43. The Bertz CT molecular complexity index is 1200. The molecule has 32 heavy (non-hydrogen) atoms. The number of fused-ring (bicyclic) bond motifs is 1. The molecule has 1 atom stereocenters. The van der Waals surface area contributed by atoms with Gasteiger partial charge in [0.1, 0.15) is 5.75 Å². The van der Waals surface area contributed by atoms with Crippen molar-refractivity contribution < 1.29 is 14.7 Å². The Morgan fingerprint density at radius 2 is 1.84 bits per heavy atom. The van der Waals surface area contributed by atoms with E-state index in [1.807, 2.05) is 52.6 Å². The van der Waals surface area contributed by atoms with Crippen LogP contribution in [0, 0.1) is 12.3 Å². The molecule has 1 spiro atoms. The van der Waals surface area contributed by atoms with Crippen molar-refractivity contribution in [1.82, 2.24) is 14.4 Å². The summed E-state index contributed by atoms with van der Waals surface area (Å²) >= 11 is 0. The van der Waals surface area contributed by atoms with Gasteiger partial charge in [-0.2, -0.15) is 0 Å². The number of rotatable bonds is 4. The van der Waals surface area contributed by atoms with Crippen LogP contribution in [0.1, 0.15) is 34.5 Å². The second-order valence-corrected chi connectivity index (χ2v) is 9.26. The van der Waals surface area contributed by atoms with Crippen LogP contribution in [0.5, 0.6) is 5.75 Å². The second kappa shape index (κ2) is 7.69. The van der Waals surface area contributed by atoms with Crippen molar-refractivity contribution in [2.45, 2.75) is 26.2 Å². The van der Waals surface area contributed by atoms with Gasteiger partial charge >= 0.3 is 0 Å². The quantitative estimate of drug-likeness (QED) is 0.688. The number of phenolic OH excluding ortho intramolecular Hbond substituents is 1. The number of aromatic nitrogens is 1. The first-order valence-corrected chi connectivity index (χ1v) is 11.3. The van der Waals surface area contributed by atoms with Gasteiger partial charge < -0.3 is 19.5 Å². The summed E-state index contributed by atoms with van der Waals surface area (Å²) in [6.45, 7) is 4.48. The van der Waals surface area contributed by atoms with E-state index in [-0.39, 0.29) is 17.6 Å². The number of hydrogen-bond acceptors (Lipinski definition) is 3. The van der Waals surface area contributed by atoms with Crippen LogP contribution in [0.3, 0.4) is 0 Å². The lowest BCUT2D eigenvalue weighted by Gasteiger charge is -2.24. The van der Waals surface area contributed by atoms with Gasteiger partial charge in [0.2, 0.25) is 5.91 Å². The summed E-state index contributed by atoms with van der Waals surface area (Å²) < 4.78 is 1.99. The molecule has 2 amide bonds. The molecule has 0 radical (unpaired) electrons. The van der Waals surface area contributed by atoms with Crippen LogP contribution in [0.15, 0.2) is 48.5 Å². The summed E-state index contributed by atoms with van der Waals surface area (Å²) in [5.41, 5.74) is 3.20.